The molecule has 0 fully saturated rings. The summed E-state index contributed by atoms with van der Waals surface area (Å²) in [5.41, 5.74) is 0.524. The average Bonchev–Trinajstić information content (AvgIpc) is 2.29. The van der Waals surface area contributed by atoms with Crippen LogP contribution in [0.2, 0.25) is 5.02 Å². The molecule has 1 aromatic carbocycles. The fraction of sp³-hybridized carbons (Fsp3) is 0.571. The maximum absolute atomic E-state index is 10.0. The minimum absolute atomic E-state index is 0.227. The summed E-state index contributed by atoms with van der Waals surface area (Å²) in [6.07, 6.45) is -0.601. The minimum Gasteiger partial charge on any atom is -0.387 e. The van der Waals surface area contributed by atoms with Crippen molar-refractivity contribution in [1.82, 2.24) is 5.32 Å². The molecule has 1 unspecified atom stereocenters. The Balaban J connectivity index is 2.43. The Morgan fingerprint density at radius 3 is 2.67 bits per heavy atom. The highest BCUT2D eigenvalue weighted by Crippen LogP contribution is 2.21. The lowest BCUT2D eigenvalue weighted by molar-refractivity contribution is -0.0104. The molecule has 0 aromatic heterocycles. The second-order valence-corrected chi connectivity index (χ2v) is 5.27. The summed E-state index contributed by atoms with van der Waals surface area (Å²) in [6.45, 7) is 7.83. The van der Waals surface area contributed by atoms with E-state index in [9.17, 15) is 5.11 Å². The summed E-state index contributed by atoms with van der Waals surface area (Å²) in [6, 6.07) is 7.34. The van der Waals surface area contributed by atoms with Crippen LogP contribution >= 0.6 is 11.6 Å². The zero-order chi connectivity index (χ0) is 13.6. The van der Waals surface area contributed by atoms with Crippen LogP contribution in [0.4, 0.5) is 0 Å². The normalized spacial score (nSPS) is 13.6. The standard InChI is InChI=1S/C14H22ClNO2/c1-4-18-14(2,3)10-16-9-13(17)11-7-5-6-8-12(11)15/h5-8,13,16-17H,4,9-10H2,1-3H3. The molecule has 0 spiro atoms. The average molecular weight is 272 g/mol. The lowest BCUT2D eigenvalue weighted by Crippen LogP contribution is -2.39. The monoisotopic (exact) mass is 271 g/mol. The zero-order valence-corrected chi connectivity index (χ0v) is 12.0. The lowest BCUT2D eigenvalue weighted by Gasteiger charge is -2.25. The van der Waals surface area contributed by atoms with Crippen LogP contribution in [0.25, 0.3) is 0 Å². The molecule has 0 bridgehead atoms. The molecule has 4 heteroatoms. The van der Waals surface area contributed by atoms with Crippen molar-refractivity contribution in [2.45, 2.75) is 32.5 Å². The topological polar surface area (TPSA) is 41.5 Å². The Bertz CT molecular complexity index is 369. The van der Waals surface area contributed by atoms with E-state index >= 15 is 0 Å². The molecule has 102 valence electrons. The maximum atomic E-state index is 10.0. The molecule has 0 aliphatic rings. The molecule has 0 heterocycles. The zero-order valence-electron chi connectivity index (χ0n) is 11.2. The lowest BCUT2D eigenvalue weighted by atomic mass is 10.1. The van der Waals surface area contributed by atoms with Crippen LogP contribution < -0.4 is 5.32 Å². The summed E-state index contributed by atoms with van der Waals surface area (Å²) < 4.78 is 5.57. The van der Waals surface area contributed by atoms with Gasteiger partial charge in [-0.05, 0) is 26.8 Å². The molecular weight excluding hydrogens is 250 g/mol. The SMILES string of the molecule is CCOC(C)(C)CNCC(O)c1ccccc1Cl. The second kappa shape index (κ2) is 7.10. The highest BCUT2D eigenvalue weighted by molar-refractivity contribution is 6.31. The van der Waals surface area contributed by atoms with E-state index in [1.165, 1.54) is 0 Å². The van der Waals surface area contributed by atoms with Crippen molar-refractivity contribution in [1.29, 1.82) is 0 Å². The third-order valence-corrected chi connectivity index (χ3v) is 3.03. The number of halogens is 1. The Hall–Kier alpha value is -0.610. The highest BCUT2D eigenvalue weighted by atomic mass is 35.5. The fourth-order valence-electron chi connectivity index (χ4n) is 1.81. The Morgan fingerprint density at radius 1 is 1.39 bits per heavy atom. The summed E-state index contributed by atoms with van der Waals surface area (Å²) in [7, 11) is 0. The van der Waals surface area contributed by atoms with Crippen molar-refractivity contribution in [2.24, 2.45) is 0 Å². The van der Waals surface area contributed by atoms with Crippen LogP contribution in [0.15, 0.2) is 24.3 Å². The molecule has 0 aliphatic heterocycles. The summed E-state index contributed by atoms with van der Waals surface area (Å²) in [5.74, 6) is 0. The minimum atomic E-state index is -0.601. The first kappa shape index (κ1) is 15.4. The third kappa shape index (κ3) is 4.94. The van der Waals surface area contributed by atoms with Gasteiger partial charge in [0, 0.05) is 30.3 Å². The van der Waals surface area contributed by atoms with Gasteiger partial charge in [-0.1, -0.05) is 29.8 Å². The summed E-state index contributed by atoms with van der Waals surface area (Å²) in [5, 5.41) is 13.8. The number of hydrogen-bond donors (Lipinski definition) is 2. The van der Waals surface area contributed by atoms with Crippen molar-refractivity contribution in [3.8, 4) is 0 Å². The molecule has 1 aromatic rings. The van der Waals surface area contributed by atoms with Crippen molar-refractivity contribution in [2.75, 3.05) is 19.7 Å². The van der Waals surface area contributed by atoms with Crippen molar-refractivity contribution < 1.29 is 9.84 Å². The van der Waals surface area contributed by atoms with Crippen molar-refractivity contribution >= 4 is 11.6 Å². The number of nitrogens with one attached hydrogen (secondary N) is 1. The van der Waals surface area contributed by atoms with Crippen molar-refractivity contribution in [3.05, 3.63) is 34.9 Å². The molecule has 18 heavy (non-hydrogen) atoms. The van der Waals surface area contributed by atoms with Crippen LogP contribution in [0.3, 0.4) is 0 Å². The first-order chi connectivity index (χ1) is 8.46. The smallest absolute Gasteiger partial charge is 0.0928 e. The quantitative estimate of drug-likeness (QED) is 0.801. The molecular formula is C14H22ClNO2. The van der Waals surface area contributed by atoms with Crippen LogP contribution in [0.5, 0.6) is 0 Å². The van der Waals surface area contributed by atoms with Gasteiger partial charge in [-0.25, -0.2) is 0 Å². The van der Waals surface area contributed by atoms with Gasteiger partial charge in [-0.3, -0.25) is 0 Å². The molecule has 0 radical (unpaired) electrons. The first-order valence-electron chi connectivity index (χ1n) is 6.23. The van der Waals surface area contributed by atoms with E-state index in [0.717, 1.165) is 5.56 Å². The van der Waals surface area contributed by atoms with E-state index in [-0.39, 0.29) is 5.60 Å². The van der Waals surface area contributed by atoms with Gasteiger partial charge in [0.15, 0.2) is 0 Å². The second-order valence-electron chi connectivity index (χ2n) is 4.86. The summed E-state index contributed by atoms with van der Waals surface area (Å²) >= 11 is 6.03. The Labute approximate surface area is 114 Å². The van der Waals surface area contributed by atoms with E-state index in [4.69, 9.17) is 16.3 Å². The Morgan fingerprint density at radius 2 is 2.06 bits per heavy atom. The molecule has 0 saturated carbocycles. The largest absolute Gasteiger partial charge is 0.387 e. The highest BCUT2D eigenvalue weighted by Gasteiger charge is 2.18. The van der Waals surface area contributed by atoms with Gasteiger partial charge >= 0.3 is 0 Å². The van der Waals surface area contributed by atoms with E-state index in [2.05, 4.69) is 5.32 Å². The van der Waals surface area contributed by atoms with Gasteiger partial charge < -0.3 is 15.2 Å². The van der Waals surface area contributed by atoms with E-state index < -0.39 is 6.10 Å². The predicted octanol–water partition coefficient (Wildman–Crippen LogP) is 2.78. The van der Waals surface area contributed by atoms with E-state index in [0.29, 0.717) is 24.7 Å². The fourth-order valence-corrected chi connectivity index (χ4v) is 2.07. The number of aliphatic hydroxyl groups excluding tert-OH is 1. The van der Waals surface area contributed by atoms with Crippen LogP contribution in [-0.4, -0.2) is 30.4 Å². The van der Waals surface area contributed by atoms with Crippen LogP contribution in [0, 0.1) is 0 Å². The number of benzene rings is 1. The molecule has 1 atom stereocenters. The van der Waals surface area contributed by atoms with Gasteiger partial charge in [-0.2, -0.15) is 0 Å². The molecule has 2 N–H and O–H groups in total. The van der Waals surface area contributed by atoms with Gasteiger partial charge in [0.1, 0.15) is 0 Å². The van der Waals surface area contributed by atoms with Gasteiger partial charge in [-0.15, -0.1) is 0 Å². The Kier molecular flexibility index (Phi) is 6.09. The molecule has 0 saturated heterocycles. The first-order valence-corrected chi connectivity index (χ1v) is 6.61. The molecule has 1 rings (SSSR count). The van der Waals surface area contributed by atoms with Gasteiger partial charge in [0.05, 0.1) is 11.7 Å². The van der Waals surface area contributed by atoms with E-state index in [1.807, 2.05) is 39.0 Å². The number of hydrogen-bond acceptors (Lipinski definition) is 3. The predicted molar refractivity (Wildman–Crippen MR) is 75.0 cm³/mol. The molecule has 3 nitrogen and oxygen atoms in total. The van der Waals surface area contributed by atoms with Crippen LogP contribution in [-0.2, 0) is 4.74 Å². The maximum Gasteiger partial charge on any atom is 0.0928 e. The van der Waals surface area contributed by atoms with Crippen LogP contribution in [0.1, 0.15) is 32.4 Å². The third-order valence-electron chi connectivity index (χ3n) is 2.69. The molecule has 0 amide bonds. The molecule has 0 aliphatic carbocycles. The number of ether oxygens (including phenoxy) is 1. The van der Waals surface area contributed by atoms with E-state index in [1.54, 1.807) is 6.07 Å². The number of aliphatic hydroxyl groups is 1. The number of rotatable bonds is 7. The summed E-state index contributed by atoms with van der Waals surface area (Å²) in [4.78, 5) is 0. The van der Waals surface area contributed by atoms with Gasteiger partial charge in [0.25, 0.3) is 0 Å². The van der Waals surface area contributed by atoms with Gasteiger partial charge in [0.2, 0.25) is 0 Å². The van der Waals surface area contributed by atoms with Crippen molar-refractivity contribution in [3.63, 3.8) is 0 Å².